The van der Waals surface area contributed by atoms with Crippen LogP contribution in [-0.4, -0.2) is 51.8 Å². The number of amides is 3. The van der Waals surface area contributed by atoms with Gasteiger partial charge in [0.1, 0.15) is 0 Å². The smallest absolute Gasteiger partial charge is 0.338 e. The van der Waals surface area contributed by atoms with Crippen LogP contribution in [-0.2, 0) is 26.0 Å². The molecule has 0 fully saturated rings. The van der Waals surface area contributed by atoms with Gasteiger partial charge in [-0.05, 0) is 44.0 Å². The fraction of sp³-hybridized carbons (Fsp3) is 0.438. The summed E-state index contributed by atoms with van der Waals surface area (Å²) in [6.07, 6.45) is 0.434. The third-order valence-corrected chi connectivity index (χ3v) is 5.21. The molecular formula is C16H21N3O6S. The Labute approximate surface area is 151 Å². The molecule has 0 saturated carbocycles. The molecule has 1 aliphatic rings. The molecule has 0 aromatic heterocycles. The molecule has 1 aromatic rings. The Morgan fingerprint density at radius 3 is 2.54 bits per heavy atom. The third kappa shape index (κ3) is 4.13. The van der Waals surface area contributed by atoms with Crippen LogP contribution >= 0.6 is 0 Å². The quantitative estimate of drug-likeness (QED) is 0.726. The van der Waals surface area contributed by atoms with Gasteiger partial charge in [0, 0.05) is 13.1 Å². The molecule has 1 aliphatic heterocycles. The van der Waals surface area contributed by atoms with Crippen molar-refractivity contribution in [2.24, 2.45) is 0 Å². The van der Waals surface area contributed by atoms with Crippen molar-refractivity contribution in [3.05, 3.63) is 29.3 Å². The van der Waals surface area contributed by atoms with E-state index in [-0.39, 0.29) is 11.6 Å². The number of carbonyl (C=O) groups is 3. The number of urea groups is 1. The first-order valence-electron chi connectivity index (χ1n) is 7.90. The maximum absolute atomic E-state index is 12.2. The van der Waals surface area contributed by atoms with Crippen LogP contribution in [0.5, 0.6) is 0 Å². The summed E-state index contributed by atoms with van der Waals surface area (Å²) in [6, 6.07) is 3.60. The van der Waals surface area contributed by atoms with Crippen LogP contribution in [0.2, 0.25) is 0 Å². The van der Waals surface area contributed by atoms with E-state index in [1.165, 1.54) is 24.3 Å². The number of sulfonamides is 1. The highest BCUT2D eigenvalue weighted by molar-refractivity contribution is 7.92. The van der Waals surface area contributed by atoms with Crippen molar-refractivity contribution in [1.82, 2.24) is 10.6 Å². The second-order valence-electron chi connectivity index (χ2n) is 6.07. The lowest BCUT2D eigenvalue weighted by atomic mass is 10.1. The van der Waals surface area contributed by atoms with Gasteiger partial charge in [-0.15, -0.1) is 0 Å². The third-order valence-electron chi connectivity index (χ3n) is 3.94. The summed E-state index contributed by atoms with van der Waals surface area (Å²) in [4.78, 5) is 35.1. The molecule has 142 valence electrons. The first-order valence-corrected chi connectivity index (χ1v) is 9.75. The molecule has 1 aromatic carbocycles. The van der Waals surface area contributed by atoms with Crippen LogP contribution < -0.4 is 14.9 Å². The van der Waals surface area contributed by atoms with Gasteiger partial charge in [0.05, 0.1) is 17.5 Å². The first-order chi connectivity index (χ1) is 12.0. The standard InChI is InChI=1S/C16H21N3O6S/c1-9-7-12-8-11(5-6-13(12)19(9)26(4,23)24)15(21)25-10(2)14(20)18-16(22)17-3/h5-6,8-10H,7H2,1-4H3,(H2,17,18,20,22)/t9-,10+/m1/s1. The summed E-state index contributed by atoms with van der Waals surface area (Å²) in [5, 5.41) is 4.24. The zero-order valence-electron chi connectivity index (χ0n) is 14.9. The van der Waals surface area contributed by atoms with E-state index in [0.717, 1.165) is 6.26 Å². The summed E-state index contributed by atoms with van der Waals surface area (Å²) in [7, 11) is -2.06. The average molecular weight is 383 g/mol. The number of esters is 1. The molecule has 0 unspecified atom stereocenters. The van der Waals surface area contributed by atoms with Crippen LogP contribution in [0.1, 0.15) is 29.8 Å². The van der Waals surface area contributed by atoms with Crippen molar-refractivity contribution in [3.63, 3.8) is 0 Å². The Morgan fingerprint density at radius 2 is 1.96 bits per heavy atom. The van der Waals surface area contributed by atoms with Gasteiger partial charge in [-0.2, -0.15) is 0 Å². The van der Waals surface area contributed by atoms with Gasteiger partial charge < -0.3 is 10.1 Å². The fourth-order valence-corrected chi connectivity index (χ4v) is 4.06. The van der Waals surface area contributed by atoms with E-state index in [0.29, 0.717) is 17.7 Å². The topological polar surface area (TPSA) is 122 Å². The van der Waals surface area contributed by atoms with Crippen molar-refractivity contribution in [3.8, 4) is 0 Å². The number of imide groups is 1. The number of nitrogens with zero attached hydrogens (tertiary/aromatic N) is 1. The van der Waals surface area contributed by atoms with Crippen molar-refractivity contribution in [2.75, 3.05) is 17.6 Å². The van der Waals surface area contributed by atoms with Crippen LogP contribution in [0.15, 0.2) is 18.2 Å². The molecule has 26 heavy (non-hydrogen) atoms. The van der Waals surface area contributed by atoms with E-state index in [9.17, 15) is 22.8 Å². The van der Waals surface area contributed by atoms with Crippen molar-refractivity contribution in [2.45, 2.75) is 32.4 Å². The molecule has 9 nitrogen and oxygen atoms in total. The molecule has 0 radical (unpaired) electrons. The van der Waals surface area contributed by atoms with Gasteiger partial charge in [-0.25, -0.2) is 18.0 Å². The molecule has 0 aliphatic carbocycles. The molecule has 10 heteroatoms. The Morgan fingerprint density at radius 1 is 1.31 bits per heavy atom. The van der Waals surface area contributed by atoms with Gasteiger partial charge in [0.25, 0.3) is 5.91 Å². The molecule has 0 bridgehead atoms. The molecule has 1 heterocycles. The molecule has 0 saturated heterocycles. The zero-order chi connectivity index (χ0) is 19.6. The van der Waals surface area contributed by atoms with E-state index in [1.807, 2.05) is 5.32 Å². The van der Waals surface area contributed by atoms with E-state index < -0.39 is 34.0 Å². The highest BCUT2D eigenvalue weighted by atomic mass is 32.2. The second-order valence-corrected chi connectivity index (χ2v) is 7.93. The molecule has 2 N–H and O–H groups in total. The number of carbonyl (C=O) groups excluding carboxylic acids is 3. The second kappa shape index (κ2) is 7.32. The normalized spacial score (nSPS) is 17.2. The number of benzene rings is 1. The number of anilines is 1. The van der Waals surface area contributed by atoms with Crippen LogP contribution in [0.4, 0.5) is 10.5 Å². The van der Waals surface area contributed by atoms with Crippen LogP contribution in [0.3, 0.4) is 0 Å². The van der Waals surface area contributed by atoms with E-state index >= 15 is 0 Å². The number of hydrogen-bond donors (Lipinski definition) is 2. The number of nitrogens with one attached hydrogen (secondary N) is 2. The van der Waals surface area contributed by atoms with Gasteiger partial charge in [0.15, 0.2) is 6.10 Å². The van der Waals surface area contributed by atoms with Gasteiger partial charge >= 0.3 is 12.0 Å². The number of hydrogen-bond acceptors (Lipinski definition) is 6. The summed E-state index contributed by atoms with van der Waals surface area (Å²) in [5.41, 5.74) is 1.44. The van der Waals surface area contributed by atoms with Gasteiger partial charge in [0.2, 0.25) is 10.0 Å². The monoisotopic (exact) mass is 383 g/mol. The lowest BCUT2D eigenvalue weighted by Crippen LogP contribution is -2.43. The molecular weight excluding hydrogens is 362 g/mol. The Bertz CT molecular complexity index is 852. The minimum Gasteiger partial charge on any atom is -0.449 e. The summed E-state index contributed by atoms with van der Waals surface area (Å²) < 4.78 is 30.2. The largest absolute Gasteiger partial charge is 0.449 e. The van der Waals surface area contributed by atoms with Crippen molar-refractivity contribution < 1.29 is 27.5 Å². The Balaban J connectivity index is 2.14. The lowest BCUT2D eigenvalue weighted by molar-refractivity contribution is -0.127. The summed E-state index contributed by atoms with van der Waals surface area (Å²) in [5.74, 6) is -1.49. The van der Waals surface area contributed by atoms with Crippen LogP contribution in [0.25, 0.3) is 0 Å². The Kier molecular flexibility index (Phi) is 5.55. The summed E-state index contributed by atoms with van der Waals surface area (Å²) in [6.45, 7) is 3.13. The van der Waals surface area contributed by atoms with Crippen LogP contribution in [0, 0.1) is 0 Å². The highest BCUT2D eigenvalue weighted by Crippen LogP contribution is 2.34. The molecule has 3 amide bonds. The van der Waals surface area contributed by atoms with E-state index in [1.54, 1.807) is 19.1 Å². The number of ether oxygens (including phenoxy) is 1. The first kappa shape index (κ1) is 19.7. The number of rotatable bonds is 4. The van der Waals surface area contributed by atoms with Gasteiger partial charge in [-0.3, -0.25) is 14.4 Å². The maximum Gasteiger partial charge on any atom is 0.338 e. The van der Waals surface area contributed by atoms with E-state index in [4.69, 9.17) is 4.74 Å². The highest BCUT2D eigenvalue weighted by Gasteiger charge is 2.33. The van der Waals surface area contributed by atoms with E-state index in [2.05, 4.69) is 5.32 Å². The summed E-state index contributed by atoms with van der Waals surface area (Å²) >= 11 is 0. The SMILES string of the molecule is CNC(=O)NC(=O)[C@H](C)OC(=O)c1ccc2c(c1)C[C@@H](C)N2S(C)(=O)=O. The van der Waals surface area contributed by atoms with Gasteiger partial charge in [-0.1, -0.05) is 0 Å². The predicted octanol–water partition coefficient (Wildman–Crippen LogP) is 0.398. The Hall–Kier alpha value is -2.62. The predicted molar refractivity (Wildman–Crippen MR) is 94.4 cm³/mol. The minimum absolute atomic E-state index is 0.200. The zero-order valence-corrected chi connectivity index (χ0v) is 15.7. The lowest BCUT2D eigenvalue weighted by Gasteiger charge is -2.22. The molecule has 2 atom stereocenters. The molecule has 2 rings (SSSR count). The van der Waals surface area contributed by atoms with Crippen molar-refractivity contribution >= 4 is 33.6 Å². The average Bonchev–Trinajstić information content (AvgIpc) is 2.89. The number of fused-ring (bicyclic) bond motifs is 1. The maximum atomic E-state index is 12.2. The molecule has 0 spiro atoms. The van der Waals surface area contributed by atoms with Crippen molar-refractivity contribution in [1.29, 1.82) is 0 Å². The fourth-order valence-electron chi connectivity index (χ4n) is 2.79. The minimum atomic E-state index is -3.42.